The van der Waals surface area contributed by atoms with Crippen molar-refractivity contribution in [3.63, 3.8) is 0 Å². The van der Waals surface area contributed by atoms with Crippen molar-refractivity contribution >= 4 is 29.2 Å². The molecule has 1 saturated carbocycles. The third-order valence-corrected chi connectivity index (χ3v) is 5.64. The van der Waals surface area contributed by atoms with Crippen LogP contribution in [0.3, 0.4) is 0 Å². The Balaban J connectivity index is 1.47. The van der Waals surface area contributed by atoms with Gasteiger partial charge in [-0.25, -0.2) is 0 Å². The average Bonchev–Trinajstić information content (AvgIpc) is 3.11. The summed E-state index contributed by atoms with van der Waals surface area (Å²) in [7, 11) is 1.39. The van der Waals surface area contributed by atoms with Crippen molar-refractivity contribution in [1.29, 1.82) is 0 Å². The van der Waals surface area contributed by atoms with E-state index in [1.807, 2.05) is 18.2 Å². The number of hydrogen-bond acceptors (Lipinski definition) is 6. The fourth-order valence-corrected chi connectivity index (χ4v) is 4.22. The van der Waals surface area contributed by atoms with E-state index in [0.29, 0.717) is 42.4 Å². The second kappa shape index (κ2) is 6.75. The molecule has 2 heterocycles. The van der Waals surface area contributed by atoms with E-state index in [9.17, 15) is 9.59 Å². The van der Waals surface area contributed by atoms with Crippen LogP contribution in [0, 0.1) is 11.8 Å². The molecule has 4 rings (SSSR count). The second-order valence-electron chi connectivity index (χ2n) is 6.81. The van der Waals surface area contributed by atoms with E-state index in [1.165, 1.54) is 7.11 Å². The summed E-state index contributed by atoms with van der Waals surface area (Å²) in [4.78, 5) is 26.4. The van der Waals surface area contributed by atoms with Gasteiger partial charge < -0.3 is 19.5 Å². The van der Waals surface area contributed by atoms with E-state index in [0.717, 1.165) is 5.56 Å². The van der Waals surface area contributed by atoms with Crippen molar-refractivity contribution in [1.82, 2.24) is 10.2 Å². The summed E-state index contributed by atoms with van der Waals surface area (Å²) in [6.07, 6.45) is 1.88. The lowest BCUT2D eigenvalue weighted by Gasteiger charge is -2.43. The molecule has 3 aliphatic rings. The molecule has 138 valence electrons. The van der Waals surface area contributed by atoms with E-state index in [4.69, 9.17) is 26.4 Å². The zero-order valence-corrected chi connectivity index (χ0v) is 15.2. The Bertz CT molecular complexity index is 768. The van der Waals surface area contributed by atoms with Crippen LogP contribution in [0.4, 0.5) is 0 Å². The number of carbonyl (C=O) groups is 2. The molecule has 3 unspecified atom stereocenters. The maximum absolute atomic E-state index is 13.0. The molecule has 1 N–H and O–H groups in total. The van der Waals surface area contributed by atoms with Crippen LogP contribution in [-0.4, -0.2) is 41.8 Å². The Morgan fingerprint density at radius 3 is 2.96 bits per heavy atom. The van der Waals surface area contributed by atoms with E-state index in [1.54, 1.807) is 4.90 Å². The predicted octanol–water partition coefficient (Wildman–Crippen LogP) is 1.59. The van der Waals surface area contributed by atoms with Crippen LogP contribution in [0.25, 0.3) is 0 Å². The number of methoxy groups -OCH3 is 1. The van der Waals surface area contributed by atoms with Crippen LogP contribution in [0.1, 0.15) is 24.8 Å². The number of fused-ring (bicyclic) bond motifs is 2. The SMILES string of the molecule is COC(=O)C1CCC2C(=O)N(Cc3ccc4c(c3)OCO4)C(=S)NC2C1. The number of rotatable bonds is 3. The predicted molar refractivity (Wildman–Crippen MR) is 95.5 cm³/mol. The fraction of sp³-hybridized carbons (Fsp3) is 0.500. The van der Waals surface area contributed by atoms with Gasteiger partial charge in [0, 0.05) is 6.04 Å². The molecule has 0 bridgehead atoms. The first-order chi connectivity index (χ1) is 12.6. The van der Waals surface area contributed by atoms with Gasteiger partial charge in [0.2, 0.25) is 12.7 Å². The lowest BCUT2D eigenvalue weighted by atomic mass is 9.76. The summed E-state index contributed by atoms with van der Waals surface area (Å²) in [6.45, 7) is 0.595. The Morgan fingerprint density at radius 2 is 2.15 bits per heavy atom. The summed E-state index contributed by atoms with van der Waals surface area (Å²) in [5.41, 5.74) is 0.924. The van der Waals surface area contributed by atoms with Gasteiger partial charge in [-0.15, -0.1) is 0 Å². The highest BCUT2D eigenvalue weighted by atomic mass is 32.1. The van der Waals surface area contributed by atoms with Crippen molar-refractivity contribution < 1.29 is 23.8 Å². The molecule has 0 aromatic heterocycles. The lowest BCUT2D eigenvalue weighted by Crippen LogP contribution is -2.61. The molecule has 0 spiro atoms. The molecular weight excluding hydrogens is 356 g/mol. The maximum atomic E-state index is 13.0. The van der Waals surface area contributed by atoms with Crippen LogP contribution in [0.2, 0.25) is 0 Å². The zero-order chi connectivity index (χ0) is 18.3. The first-order valence-electron chi connectivity index (χ1n) is 8.65. The van der Waals surface area contributed by atoms with Gasteiger partial charge in [-0.1, -0.05) is 6.07 Å². The van der Waals surface area contributed by atoms with Gasteiger partial charge in [0.15, 0.2) is 16.6 Å². The van der Waals surface area contributed by atoms with E-state index < -0.39 is 0 Å². The zero-order valence-electron chi connectivity index (χ0n) is 14.4. The summed E-state index contributed by atoms with van der Waals surface area (Å²) >= 11 is 5.43. The third-order valence-electron chi connectivity index (χ3n) is 5.30. The van der Waals surface area contributed by atoms with Crippen molar-refractivity contribution in [2.24, 2.45) is 11.8 Å². The van der Waals surface area contributed by atoms with Crippen molar-refractivity contribution in [2.45, 2.75) is 31.8 Å². The number of nitrogens with one attached hydrogen (secondary N) is 1. The smallest absolute Gasteiger partial charge is 0.308 e. The van der Waals surface area contributed by atoms with Crippen LogP contribution < -0.4 is 14.8 Å². The van der Waals surface area contributed by atoms with Gasteiger partial charge in [-0.2, -0.15) is 0 Å². The Labute approximate surface area is 156 Å². The summed E-state index contributed by atoms with van der Waals surface area (Å²) in [5, 5.41) is 3.66. The molecule has 1 amide bonds. The molecular formula is C18H20N2O5S. The standard InChI is InChI=1S/C18H20N2O5S/c1-23-17(22)11-3-4-12-13(7-11)19-18(26)20(16(12)21)8-10-2-5-14-15(6-10)25-9-24-14/h2,5-6,11-13H,3-4,7-9H2,1H3,(H,19,26). The average molecular weight is 376 g/mol. The topological polar surface area (TPSA) is 77.1 Å². The fourth-order valence-electron chi connectivity index (χ4n) is 3.91. The summed E-state index contributed by atoms with van der Waals surface area (Å²) < 4.78 is 15.6. The highest BCUT2D eigenvalue weighted by Crippen LogP contribution is 2.36. The Morgan fingerprint density at radius 1 is 1.35 bits per heavy atom. The van der Waals surface area contributed by atoms with Gasteiger partial charge in [-0.05, 0) is 49.2 Å². The Kier molecular flexibility index (Phi) is 4.44. The number of thiocarbonyl (C=S) groups is 1. The molecule has 2 aliphatic heterocycles. The molecule has 1 saturated heterocycles. The largest absolute Gasteiger partial charge is 0.469 e. The number of carbonyl (C=O) groups excluding carboxylic acids is 2. The van der Waals surface area contributed by atoms with Crippen LogP contribution >= 0.6 is 12.2 Å². The molecule has 26 heavy (non-hydrogen) atoms. The van der Waals surface area contributed by atoms with Gasteiger partial charge >= 0.3 is 5.97 Å². The molecule has 1 aromatic carbocycles. The minimum Gasteiger partial charge on any atom is -0.469 e. The van der Waals surface area contributed by atoms with Crippen molar-refractivity contribution in [3.8, 4) is 11.5 Å². The molecule has 8 heteroatoms. The second-order valence-corrected chi connectivity index (χ2v) is 7.19. The monoisotopic (exact) mass is 376 g/mol. The first kappa shape index (κ1) is 17.1. The lowest BCUT2D eigenvalue weighted by molar-refractivity contribution is -0.149. The summed E-state index contributed by atoms with van der Waals surface area (Å²) in [6, 6.07) is 5.51. The number of ether oxygens (including phenoxy) is 3. The number of amides is 1. The number of nitrogens with zero attached hydrogens (tertiary/aromatic N) is 1. The van der Waals surface area contributed by atoms with Crippen molar-refractivity contribution in [2.75, 3.05) is 13.9 Å². The molecule has 7 nitrogen and oxygen atoms in total. The molecule has 0 radical (unpaired) electrons. The molecule has 3 atom stereocenters. The van der Waals surface area contributed by atoms with Gasteiger partial charge in [0.1, 0.15) is 0 Å². The van der Waals surface area contributed by atoms with Gasteiger partial charge in [0.25, 0.3) is 0 Å². The van der Waals surface area contributed by atoms with Crippen LogP contribution in [0.5, 0.6) is 11.5 Å². The van der Waals surface area contributed by atoms with E-state index in [-0.39, 0.29) is 36.5 Å². The minimum atomic E-state index is -0.216. The Hall–Kier alpha value is -2.35. The van der Waals surface area contributed by atoms with Gasteiger partial charge in [-0.3, -0.25) is 14.5 Å². The maximum Gasteiger partial charge on any atom is 0.308 e. The normalized spacial score (nSPS) is 27.0. The first-order valence-corrected chi connectivity index (χ1v) is 9.06. The van der Waals surface area contributed by atoms with Crippen molar-refractivity contribution in [3.05, 3.63) is 23.8 Å². The van der Waals surface area contributed by atoms with Gasteiger partial charge in [0.05, 0.1) is 25.5 Å². The highest BCUT2D eigenvalue weighted by Gasteiger charge is 2.44. The molecule has 2 fully saturated rings. The quantitative estimate of drug-likeness (QED) is 0.634. The minimum absolute atomic E-state index is 0.0136. The third kappa shape index (κ3) is 2.98. The van der Waals surface area contributed by atoms with Crippen LogP contribution in [-0.2, 0) is 20.9 Å². The number of benzene rings is 1. The molecule has 1 aromatic rings. The van der Waals surface area contributed by atoms with E-state index >= 15 is 0 Å². The summed E-state index contributed by atoms with van der Waals surface area (Å²) in [5.74, 6) is 0.843. The number of esters is 1. The van der Waals surface area contributed by atoms with E-state index in [2.05, 4.69) is 5.32 Å². The number of hydrogen-bond donors (Lipinski definition) is 1. The molecule has 1 aliphatic carbocycles. The highest BCUT2D eigenvalue weighted by molar-refractivity contribution is 7.80. The van der Waals surface area contributed by atoms with Crippen LogP contribution in [0.15, 0.2) is 18.2 Å².